The van der Waals surface area contributed by atoms with E-state index in [0.717, 1.165) is 6.42 Å². The molecule has 0 aromatic heterocycles. The molecule has 108 valence electrons. The van der Waals surface area contributed by atoms with Crippen molar-refractivity contribution in [2.75, 3.05) is 20.1 Å². The molecule has 1 heterocycles. The summed E-state index contributed by atoms with van der Waals surface area (Å²) < 4.78 is 0. The van der Waals surface area contributed by atoms with Crippen molar-refractivity contribution in [3.8, 4) is 6.07 Å². The van der Waals surface area contributed by atoms with Crippen LogP contribution in [-0.4, -0.2) is 36.9 Å². The Morgan fingerprint density at radius 1 is 1.50 bits per heavy atom. The van der Waals surface area contributed by atoms with E-state index in [-0.39, 0.29) is 28.7 Å². The predicted molar refractivity (Wildman–Crippen MR) is 74.7 cm³/mol. The number of Topliss-reactive ketones (excluding diaryl/α,β-unsaturated/α-hetero) is 1. The number of piperidine rings is 1. The first-order valence-corrected chi connectivity index (χ1v) is 6.90. The molecule has 1 aliphatic heterocycles. The first-order valence-electron chi connectivity index (χ1n) is 6.90. The summed E-state index contributed by atoms with van der Waals surface area (Å²) in [7, 11) is 1.61. The van der Waals surface area contributed by atoms with E-state index in [9.17, 15) is 14.9 Å². The number of rotatable bonds is 0. The summed E-state index contributed by atoms with van der Waals surface area (Å²) >= 11 is 0. The van der Waals surface area contributed by atoms with Gasteiger partial charge in [-0.1, -0.05) is 26.8 Å². The number of hydrogen-bond donors (Lipinski definition) is 1. The molecule has 0 aromatic rings. The van der Waals surface area contributed by atoms with E-state index in [2.05, 4.69) is 5.32 Å². The molecule has 0 aromatic carbocycles. The fourth-order valence-electron chi connectivity index (χ4n) is 3.86. The van der Waals surface area contributed by atoms with Gasteiger partial charge in [0.05, 0.1) is 5.57 Å². The van der Waals surface area contributed by atoms with E-state index in [4.69, 9.17) is 0 Å². The molecule has 0 saturated carbocycles. The highest BCUT2D eigenvalue weighted by Crippen LogP contribution is 2.51. The minimum Gasteiger partial charge on any atom is -0.341 e. The van der Waals surface area contributed by atoms with Crippen LogP contribution in [0.2, 0.25) is 0 Å². The summed E-state index contributed by atoms with van der Waals surface area (Å²) in [6, 6.07) is 1.91. The molecule has 1 N–H and O–H groups in total. The number of nitriles is 1. The maximum atomic E-state index is 12.4. The van der Waals surface area contributed by atoms with Crippen LogP contribution in [-0.2, 0) is 4.79 Å². The van der Waals surface area contributed by atoms with Gasteiger partial charge in [0, 0.05) is 31.0 Å². The maximum absolute atomic E-state index is 12.4. The third-order valence-corrected chi connectivity index (χ3v) is 4.81. The van der Waals surface area contributed by atoms with Crippen LogP contribution in [0.5, 0.6) is 0 Å². The van der Waals surface area contributed by atoms with Crippen LogP contribution in [0.4, 0.5) is 4.79 Å². The van der Waals surface area contributed by atoms with Crippen LogP contribution in [0.25, 0.3) is 0 Å². The third-order valence-electron chi connectivity index (χ3n) is 4.81. The Morgan fingerprint density at radius 3 is 2.70 bits per heavy atom. The zero-order chi connectivity index (χ0) is 15.1. The van der Waals surface area contributed by atoms with E-state index in [1.165, 1.54) is 0 Å². The standard InChI is InChI=1S/C15H21N3O2/c1-14(2)11-5-6-18(13(20)17-4)9-15(11,3)7-10(8-16)12(14)19/h7,11H,5-6,9H2,1-4H3,(H,17,20)/t11-,15+/m0/s1. The van der Waals surface area contributed by atoms with E-state index < -0.39 is 5.41 Å². The van der Waals surface area contributed by atoms with Crippen molar-refractivity contribution in [3.05, 3.63) is 11.6 Å². The second-order valence-electron chi connectivity index (χ2n) is 6.54. The third kappa shape index (κ3) is 2.00. The van der Waals surface area contributed by atoms with Gasteiger partial charge in [-0.05, 0) is 12.3 Å². The Balaban J connectivity index is 2.42. The van der Waals surface area contributed by atoms with Crippen LogP contribution >= 0.6 is 0 Å². The average Bonchev–Trinajstić information content (AvgIpc) is 2.41. The maximum Gasteiger partial charge on any atom is 0.317 e. The van der Waals surface area contributed by atoms with Gasteiger partial charge >= 0.3 is 6.03 Å². The van der Waals surface area contributed by atoms with Crippen molar-refractivity contribution in [2.24, 2.45) is 16.7 Å². The molecule has 5 heteroatoms. The molecule has 0 radical (unpaired) electrons. The number of fused-ring (bicyclic) bond motifs is 1. The average molecular weight is 275 g/mol. The first-order chi connectivity index (χ1) is 9.26. The number of nitrogens with one attached hydrogen (secondary N) is 1. The molecule has 0 bridgehead atoms. The number of amides is 2. The van der Waals surface area contributed by atoms with Gasteiger partial charge in [0.2, 0.25) is 0 Å². The Morgan fingerprint density at radius 2 is 2.15 bits per heavy atom. The molecule has 2 rings (SSSR count). The Kier molecular flexibility index (Phi) is 3.37. The largest absolute Gasteiger partial charge is 0.341 e. The molecule has 1 aliphatic carbocycles. The highest BCUT2D eigenvalue weighted by atomic mass is 16.2. The lowest BCUT2D eigenvalue weighted by Gasteiger charge is -2.52. The van der Waals surface area contributed by atoms with Crippen molar-refractivity contribution in [3.63, 3.8) is 0 Å². The fourth-order valence-corrected chi connectivity index (χ4v) is 3.86. The minimum atomic E-state index is -0.552. The Bertz CT molecular complexity index is 530. The molecule has 2 amide bonds. The Hall–Kier alpha value is -1.83. The van der Waals surface area contributed by atoms with Crippen LogP contribution < -0.4 is 5.32 Å². The number of urea groups is 1. The van der Waals surface area contributed by atoms with Gasteiger partial charge < -0.3 is 10.2 Å². The molecule has 2 atom stereocenters. The molecule has 0 spiro atoms. The summed E-state index contributed by atoms with van der Waals surface area (Å²) in [4.78, 5) is 25.9. The summed E-state index contributed by atoms with van der Waals surface area (Å²) in [6.45, 7) is 7.06. The number of likely N-dealkylation sites (tertiary alicyclic amines) is 1. The van der Waals surface area contributed by atoms with Crippen molar-refractivity contribution < 1.29 is 9.59 Å². The van der Waals surface area contributed by atoms with E-state index >= 15 is 0 Å². The highest BCUT2D eigenvalue weighted by Gasteiger charge is 2.53. The zero-order valence-corrected chi connectivity index (χ0v) is 12.5. The van der Waals surface area contributed by atoms with E-state index in [0.29, 0.717) is 13.1 Å². The van der Waals surface area contributed by atoms with Gasteiger partial charge in [0.15, 0.2) is 5.78 Å². The summed E-state index contributed by atoms with van der Waals surface area (Å²) in [5.74, 6) is 0.0800. The van der Waals surface area contributed by atoms with Crippen LogP contribution in [0.3, 0.4) is 0 Å². The summed E-state index contributed by atoms with van der Waals surface area (Å²) in [6.07, 6.45) is 2.55. The fraction of sp³-hybridized carbons (Fsp3) is 0.667. The lowest BCUT2D eigenvalue weighted by Crippen LogP contribution is -2.57. The number of carbonyl (C=O) groups excluding carboxylic acids is 2. The number of allylic oxidation sites excluding steroid dienone is 1. The van der Waals surface area contributed by atoms with Gasteiger partial charge in [-0.3, -0.25) is 4.79 Å². The lowest BCUT2D eigenvalue weighted by molar-refractivity contribution is -0.131. The van der Waals surface area contributed by atoms with Crippen molar-refractivity contribution in [2.45, 2.75) is 27.2 Å². The van der Waals surface area contributed by atoms with Crippen LogP contribution in [0, 0.1) is 28.1 Å². The van der Waals surface area contributed by atoms with Gasteiger partial charge in [0.1, 0.15) is 6.07 Å². The van der Waals surface area contributed by atoms with Gasteiger partial charge in [-0.15, -0.1) is 0 Å². The monoisotopic (exact) mass is 275 g/mol. The first kappa shape index (κ1) is 14.6. The number of carbonyl (C=O) groups is 2. The molecular weight excluding hydrogens is 254 g/mol. The number of hydrogen-bond acceptors (Lipinski definition) is 3. The quantitative estimate of drug-likeness (QED) is 0.731. The van der Waals surface area contributed by atoms with Gasteiger partial charge in [-0.2, -0.15) is 5.26 Å². The van der Waals surface area contributed by atoms with Crippen LogP contribution in [0.15, 0.2) is 11.6 Å². The molecule has 20 heavy (non-hydrogen) atoms. The molecule has 0 unspecified atom stereocenters. The van der Waals surface area contributed by atoms with Crippen molar-refractivity contribution >= 4 is 11.8 Å². The molecular formula is C15H21N3O2. The topological polar surface area (TPSA) is 73.2 Å². The summed E-state index contributed by atoms with van der Waals surface area (Å²) in [5.41, 5.74) is -0.649. The van der Waals surface area contributed by atoms with E-state index in [1.54, 1.807) is 18.0 Å². The molecule has 1 saturated heterocycles. The highest BCUT2D eigenvalue weighted by molar-refractivity contribution is 6.04. The zero-order valence-electron chi connectivity index (χ0n) is 12.5. The van der Waals surface area contributed by atoms with Crippen molar-refractivity contribution in [1.29, 1.82) is 5.26 Å². The van der Waals surface area contributed by atoms with E-state index in [1.807, 2.05) is 26.8 Å². The smallest absolute Gasteiger partial charge is 0.317 e. The number of nitrogens with zero attached hydrogens (tertiary/aromatic N) is 2. The number of ketones is 1. The lowest BCUT2D eigenvalue weighted by atomic mass is 9.55. The molecule has 5 nitrogen and oxygen atoms in total. The SMILES string of the molecule is CNC(=O)N1CC[C@H]2C(C)(C)C(=O)C(C#N)=C[C@]2(C)C1. The van der Waals surface area contributed by atoms with Crippen LogP contribution in [0.1, 0.15) is 27.2 Å². The van der Waals surface area contributed by atoms with Crippen molar-refractivity contribution in [1.82, 2.24) is 10.2 Å². The normalized spacial score (nSPS) is 31.9. The minimum absolute atomic E-state index is 0.0733. The van der Waals surface area contributed by atoms with Gasteiger partial charge in [0.25, 0.3) is 0 Å². The predicted octanol–water partition coefficient (Wildman–Crippen LogP) is 1.71. The van der Waals surface area contributed by atoms with Gasteiger partial charge in [-0.25, -0.2) is 4.79 Å². The Labute approximate surface area is 119 Å². The molecule has 1 fully saturated rings. The summed E-state index contributed by atoms with van der Waals surface area (Å²) in [5, 5.41) is 11.8. The second kappa shape index (κ2) is 4.62. The second-order valence-corrected chi connectivity index (χ2v) is 6.54. The molecule has 2 aliphatic rings.